The molecule has 0 aliphatic carbocycles. The van der Waals surface area contributed by atoms with E-state index >= 15 is 0 Å². The smallest absolute Gasteiger partial charge is 0.225 e. The minimum atomic E-state index is -3.57. The van der Waals surface area contributed by atoms with Gasteiger partial charge in [-0.2, -0.15) is 5.26 Å². The quantitative estimate of drug-likeness (QED) is 0.761. The molecule has 0 heterocycles. The topological polar surface area (TPSA) is 90.2 Å². The van der Waals surface area contributed by atoms with Crippen molar-refractivity contribution in [3.8, 4) is 17.9 Å². The number of benzene rings is 1. The number of hydrogen-bond donors (Lipinski definition) is 2. The highest BCUT2D eigenvalue weighted by molar-refractivity contribution is 7.89. The van der Waals surface area contributed by atoms with Crippen molar-refractivity contribution in [3.63, 3.8) is 0 Å². The van der Waals surface area contributed by atoms with Gasteiger partial charge in [0.1, 0.15) is 0 Å². The van der Waals surface area contributed by atoms with E-state index in [4.69, 9.17) is 10.4 Å². The van der Waals surface area contributed by atoms with Gasteiger partial charge in [0.05, 0.1) is 12.7 Å². The Morgan fingerprint density at radius 1 is 1.32 bits per heavy atom. The van der Waals surface area contributed by atoms with E-state index in [2.05, 4.69) is 16.6 Å². The Hall–Kier alpha value is -1.86. The van der Waals surface area contributed by atoms with Crippen LogP contribution in [0.5, 0.6) is 0 Å². The molecule has 0 fully saturated rings. The number of aliphatic hydroxyl groups excluding tert-OH is 1. The first-order valence-corrected chi connectivity index (χ1v) is 7.26. The second-order valence-corrected chi connectivity index (χ2v) is 5.48. The van der Waals surface area contributed by atoms with Crippen molar-refractivity contribution < 1.29 is 13.5 Å². The van der Waals surface area contributed by atoms with Crippen LogP contribution in [0.2, 0.25) is 0 Å². The average Bonchev–Trinajstić information content (AvgIpc) is 2.38. The summed E-state index contributed by atoms with van der Waals surface area (Å²) in [6.45, 7) is 0.0813. The summed E-state index contributed by atoms with van der Waals surface area (Å²) < 4.78 is 25.1. The zero-order valence-corrected chi connectivity index (χ0v) is 11.1. The molecule has 2 N–H and O–H groups in total. The predicted molar refractivity (Wildman–Crippen MR) is 71.3 cm³/mol. The standard InChI is InChI=1S/C13H14N2O3S/c14-8-10-19(17,18)15-11-13-7-2-1-5-12(13)6-3-4-9-16/h1-2,5,7,15-16H,4,9-11H2. The van der Waals surface area contributed by atoms with Gasteiger partial charge in [-0.15, -0.1) is 0 Å². The molecule has 0 saturated carbocycles. The SMILES string of the molecule is N#CCS(=O)(=O)NCc1ccccc1C#CCCO. The average molecular weight is 278 g/mol. The van der Waals surface area contributed by atoms with Crippen LogP contribution >= 0.6 is 0 Å². The van der Waals surface area contributed by atoms with Crippen LogP contribution in [0.3, 0.4) is 0 Å². The van der Waals surface area contributed by atoms with Crippen molar-refractivity contribution >= 4 is 10.0 Å². The van der Waals surface area contributed by atoms with Crippen LogP contribution in [-0.2, 0) is 16.6 Å². The lowest BCUT2D eigenvalue weighted by atomic mass is 10.1. The summed E-state index contributed by atoms with van der Waals surface area (Å²) in [6, 6.07) is 8.72. The van der Waals surface area contributed by atoms with Crippen molar-refractivity contribution in [2.45, 2.75) is 13.0 Å². The molecule has 19 heavy (non-hydrogen) atoms. The third-order valence-electron chi connectivity index (χ3n) is 2.21. The predicted octanol–water partition coefficient (Wildman–Crippen LogP) is 0.363. The second-order valence-electron chi connectivity index (χ2n) is 3.67. The van der Waals surface area contributed by atoms with Crippen molar-refractivity contribution in [1.82, 2.24) is 4.72 Å². The number of aliphatic hydroxyl groups is 1. The van der Waals surface area contributed by atoms with Gasteiger partial charge < -0.3 is 5.11 Å². The van der Waals surface area contributed by atoms with E-state index in [1.165, 1.54) is 0 Å². The molecular formula is C13H14N2O3S. The van der Waals surface area contributed by atoms with Gasteiger partial charge in [0, 0.05) is 18.5 Å². The molecular weight excluding hydrogens is 264 g/mol. The van der Waals surface area contributed by atoms with Gasteiger partial charge in [-0.3, -0.25) is 0 Å². The highest BCUT2D eigenvalue weighted by atomic mass is 32.2. The number of nitriles is 1. The summed E-state index contributed by atoms with van der Waals surface area (Å²) >= 11 is 0. The summed E-state index contributed by atoms with van der Waals surface area (Å²) in [7, 11) is -3.57. The molecule has 0 aliphatic rings. The van der Waals surface area contributed by atoms with Crippen LogP contribution in [0, 0.1) is 23.2 Å². The van der Waals surface area contributed by atoms with E-state index in [1.54, 1.807) is 30.3 Å². The van der Waals surface area contributed by atoms with Gasteiger partial charge in [0.15, 0.2) is 5.75 Å². The lowest BCUT2D eigenvalue weighted by Gasteiger charge is -2.05. The molecule has 0 radical (unpaired) electrons. The third-order valence-corrected chi connectivity index (χ3v) is 3.31. The molecule has 0 bridgehead atoms. The van der Waals surface area contributed by atoms with Crippen molar-refractivity contribution in [2.75, 3.05) is 12.4 Å². The fraction of sp³-hybridized carbons (Fsp3) is 0.308. The lowest BCUT2D eigenvalue weighted by Crippen LogP contribution is -2.25. The van der Waals surface area contributed by atoms with Crippen LogP contribution in [0.1, 0.15) is 17.5 Å². The number of nitrogens with zero attached hydrogens (tertiary/aromatic N) is 1. The molecule has 6 heteroatoms. The van der Waals surface area contributed by atoms with E-state index in [0.29, 0.717) is 12.0 Å². The second kappa shape index (κ2) is 7.55. The first kappa shape index (κ1) is 15.2. The maximum atomic E-state index is 11.4. The van der Waals surface area contributed by atoms with Crippen LogP contribution in [0.4, 0.5) is 0 Å². The van der Waals surface area contributed by atoms with E-state index in [9.17, 15) is 8.42 Å². The highest BCUT2D eigenvalue weighted by Gasteiger charge is 2.09. The number of sulfonamides is 1. The van der Waals surface area contributed by atoms with Gasteiger partial charge in [-0.1, -0.05) is 30.0 Å². The Morgan fingerprint density at radius 3 is 2.74 bits per heavy atom. The maximum absolute atomic E-state index is 11.4. The van der Waals surface area contributed by atoms with Gasteiger partial charge in [0.25, 0.3) is 0 Å². The Bertz CT molecular complexity index is 621. The molecule has 100 valence electrons. The molecule has 0 atom stereocenters. The van der Waals surface area contributed by atoms with Gasteiger partial charge >= 0.3 is 0 Å². The molecule has 1 aromatic rings. The summed E-state index contributed by atoms with van der Waals surface area (Å²) in [5, 5.41) is 17.0. The molecule has 5 nitrogen and oxygen atoms in total. The monoisotopic (exact) mass is 278 g/mol. The largest absolute Gasteiger partial charge is 0.395 e. The summed E-state index contributed by atoms with van der Waals surface area (Å²) in [4.78, 5) is 0. The van der Waals surface area contributed by atoms with Gasteiger partial charge in [-0.25, -0.2) is 13.1 Å². The van der Waals surface area contributed by atoms with Crippen LogP contribution in [0.25, 0.3) is 0 Å². The molecule has 0 aliphatic heterocycles. The van der Waals surface area contributed by atoms with Crippen molar-refractivity contribution in [3.05, 3.63) is 35.4 Å². The summed E-state index contributed by atoms with van der Waals surface area (Å²) in [5.74, 6) is 5.09. The Balaban J connectivity index is 2.80. The van der Waals surface area contributed by atoms with Gasteiger partial charge in [0.2, 0.25) is 10.0 Å². The van der Waals surface area contributed by atoms with Crippen LogP contribution in [0.15, 0.2) is 24.3 Å². The molecule has 0 saturated heterocycles. The zero-order valence-electron chi connectivity index (χ0n) is 10.3. The fourth-order valence-electron chi connectivity index (χ4n) is 1.33. The van der Waals surface area contributed by atoms with Crippen molar-refractivity contribution in [1.29, 1.82) is 5.26 Å². The minimum absolute atomic E-state index is 0.00995. The molecule has 1 rings (SSSR count). The van der Waals surface area contributed by atoms with Crippen LogP contribution < -0.4 is 4.72 Å². The Kier molecular flexibility index (Phi) is 6.04. The van der Waals surface area contributed by atoms with E-state index in [0.717, 1.165) is 5.56 Å². The molecule has 0 unspecified atom stereocenters. The summed E-state index contributed by atoms with van der Waals surface area (Å²) in [5.41, 5.74) is 1.44. The third kappa shape index (κ3) is 5.54. The summed E-state index contributed by atoms with van der Waals surface area (Å²) in [6.07, 6.45) is 0.370. The minimum Gasteiger partial charge on any atom is -0.395 e. The highest BCUT2D eigenvalue weighted by Crippen LogP contribution is 2.07. The first-order valence-electron chi connectivity index (χ1n) is 5.61. The molecule has 0 spiro atoms. The van der Waals surface area contributed by atoms with E-state index in [-0.39, 0.29) is 13.2 Å². The number of hydrogen-bond acceptors (Lipinski definition) is 4. The Labute approximate surface area is 112 Å². The lowest BCUT2D eigenvalue weighted by molar-refractivity contribution is 0.305. The number of nitrogens with one attached hydrogen (secondary N) is 1. The molecule has 0 amide bonds. The Morgan fingerprint density at radius 2 is 2.05 bits per heavy atom. The van der Waals surface area contributed by atoms with E-state index < -0.39 is 15.8 Å². The van der Waals surface area contributed by atoms with Crippen molar-refractivity contribution in [2.24, 2.45) is 0 Å². The molecule has 1 aromatic carbocycles. The first-order chi connectivity index (χ1) is 9.09. The van der Waals surface area contributed by atoms with Gasteiger partial charge in [-0.05, 0) is 11.6 Å². The maximum Gasteiger partial charge on any atom is 0.225 e. The van der Waals surface area contributed by atoms with E-state index in [1.807, 2.05) is 0 Å². The zero-order chi connectivity index (χ0) is 14.1. The van der Waals surface area contributed by atoms with Crippen LogP contribution in [-0.4, -0.2) is 25.9 Å². The fourth-order valence-corrected chi connectivity index (χ4v) is 1.98. The normalized spacial score (nSPS) is 10.3. The molecule has 0 aromatic heterocycles. The number of rotatable bonds is 5.